The van der Waals surface area contributed by atoms with E-state index in [9.17, 15) is 22.8 Å². The lowest BCUT2D eigenvalue weighted by molar-refractivity contribution is -0.274. The Balaban J connectivity index is 1.73. The number of benzene rings is 3. The lowest BCUT2D eigenvalue weighted by atomic mass is 10.0. The third-order valence-corrected chi connectivity index (χ3v) is 4.93. The molecular weight excluding hydrogens is 484 g/mol. The van der Waals surface area contributed by atoms with Crippen molar-refractivity contribution in [3.63, 3.8) is 0 Å². The molecule has 0 spiro atoms. The fourth-order valence-electron chi connectivity index (χ4n) is 2.91. The molecule has 0 bridgehead atoms. The Morgan fingerprint density at radius 3 is 2.15 bits per heavy atom. The van der Waals surface area contributed by atoms with E-state index in [4.69, 9.17) is 28.3 Å². The lowest BCUT2D eigenvalue weighted by Crippen LogP contribution is -2.28. The maximum absolute atomic E-state index is 12.7. The van der Waals surface area contributed by atoms with E-state index >= 15 is 0 Å². The lowest BCUT2D eigenvalue weighted by Gasteiger charge is -2.16. The van der Waals surface area contributed by atoms with Crippen LogP contribution in [-0.2, 0) is 6.54 Å². The Kier molecular flexibility index (Phi) is 7.35. The summed E-state index contributed by atoms with van der Waals surface area (Å²) in [5.41, 5.74) is 1.15. The summed E-state index contributed by atoms with van der Waals surface area (Å²) in [7, 11) is 0. The van der Waals surface area contributed by atoms with E-state index in [1.54, 1.807) is 12.1 Å². The Morgan fingerprint density at radius 2 is 1.58 bits per heavy atom. The summed E-state index contributed by atoms with van der Waals surface area (Å²) in [6, 6.07) is 13.4. The van der Waals surface area contributed by atoms with Crippen molar-refractivity contribution in [1.29, 1.82) is 0 Å². The molecule has 3 aromatic rings. The van der Waals surface area contributed by atoms with E-state index in [-0.39, 0.29) is 39.0 Å². The van der Waals surface area contributed by atoms with Crippen molar-refractivity contribution >= 4 is 40.9 Å². The first-order valence-electron chi connectivity index (χ1n) is 9.25. The van der Waals surface area contributed by atoms with Crippen LogP contribution < -0.4 is 15.4 Å². The van der Waals surface area contributed by atoms with Crippen LogP contribution in [0.25, 0.3) is 11.1 Å². The van der Waals surface area contributed by atoms with Crippen molar-refractivity contribution in [3.8, 4) is 16.9 Å². The van der Waals surface area contributed by atoms with Crippen LogP contribution in [0.4, 0.5) is 23.7 Å². The molecule has 0 saturated carbocycles. The van der Waals surface area contributed by atoms with Crippen LogP contribution in [0, 0.1) is 0 Å². The number of carboxylic acid groups (broad SMARTS) is 1. The number of amides is 2. The van der Waals surface area contributed by atoms with Crippen molar-refractivity contribution in [2.24, 2.45) is 0 Å². The molecule has 0 aliphatic rings. The van der Waals surface area contributed by atoms with Gasteiger partial charge in [-0.25, -0.2) is 9.59 Å². The van der Waals surface area contributed by atoms with Gasteiger partial charge in [0.1, 0.15) is 5.75 Å². The Hall–Kier alpha value is -3.43. The number of urea groups is 1. The van der Waals surface area contributed by atoms with Crippen molar-refractivity contribution in [2.45, 2.75) is 12.9 Å². The second-order valence-electron chi connectivity index (χ2n) is 6.67. The van der Waals surface area contributed by atoms with Crippen molar-refractivity contribution in [1.82, 2.24) is 5.32 Å². The summed E-state index contributed by atoms with van der Waals surface area (Å²) in [4.78, 5) is 23.1. The van der Waals surface area contributed by atoms with Gasteiger partial charge in [-0.15, -0.1) is 13.2 Å². The van der Waals surface area contributed by atoms with E-state index in [0.29, 0.717) is 5.56 Å². The topological polar surface area (TPSA) is 87.7 Å². The summed E-state index contributed by atoms with van der Waals surface area (Å²) in [6.45, 7) is 0.118. The van der Waals surface area contributed by atoms with E-state index in [1.165, 1.54) is 42.5 Å². The van der Waals surface area contributed by atoms with Gasteiger partial charge in [0.2, 0.25) is 0 Å². The zero-order valence-electron chi connectivity index (χ0n) is 16.5. The van der Waals surface area contributed by atoms with Gasteiger partial charge < -0.3 is 20.5 Å². The quantitative estimate of drug-likeness (QED) is 0.358. The number of carbonyl (C=O) groups is 2. The van der Waals surface area contributed by atoms with Crippen LogP contribution >= 0.6 is 23.2 Å². The average Bonchev–Trinajstić information content (AvgIpc) is 2.72. The van der Waals surface area contributed by atoms with Gasteiger partial charge in [-0.05, 0) is 35.9 Å². The van der Waals surface area contributed by atoms with Gasteiger partial charge in [-0.1, -0.05) is 53.5 Å². The number of alkyl halides is 3. The fraction of sp³-hybridized carbons (Fsp3) is 0.0909. The maximum atomic E-state index is 12.7. The number of nitrogens with one attached hydrogen (secondary N) is 2. The largest absolute Gasteiger partial charge is 0.573 e. The standard InChI is InChI=1S/C22H15Cl2F3N2O4/c23-16-9-14(29-21(32)28-11-12-5-7-13(8-6-12)20(30)31)10-17(24)19(16)15-3-1-2-4-18(15)33-22(25,26)27/h1-10H,11H2,(H,30,31)(H2,28,29,32). The summed E-state index contributed by atoms with van der Waals surface area (Å²) >= 11 is 12.5. The number of aromatic carboxylic acids is 1. The Bertz CT molecular complexity index is 1160. The number of hydrogen-bond donors (Lipinski definition) is 3. The molecule has 33 heavy (non-hydrogen) atoms. The van der Waals surface area contributed by atoms with Crippen LogP contribution in [0.2, 0.25) is 10.0 Å². The molecule has 172 valence electrons. The fourth-order valence-corrected chi connectivity index (χ4v) is 3.60. The minimum absolute atomic E-state index is 0.000263. The summed E-state index contributed by atoms with van der Waals surface area (Å²) < 4.78 is 42.2. The normalized spacial score (nSPS) is 11.1. The summed E-state index contributed by atoms with van der Waals surface area (Å²) in [6.07, 6.45) is -4.90. The number of carboxylic acids is 1. The molecule has 0 heterocycles. The molecule has 0 atom stereocenters. The smallest absolute Gasteiger partial charge is 0.478 e. The van der Waals surface area contributed by atoms with Crippen molar-refractivity contribution < 1.29 is 32.6 Å². The van der Waals surface area contributed by atoms with E-state index < -0.39 is 24.1 Å². The predicted octanol–water partition coefficient (Wildman–Crippen LogP) is 6.58. The highest BCUT2D eigenvalue weighted by atomic mass is 35.5. The Labute approximate surface area is 195 Å². The van der Waals surface area contributed by atoms with Crippen LogP contribution in [0.5, 0.6) is 5.75 Å². The van der Waals surface area contributed by atoms with E-state index in [0.717, 1.165) is 6.07 Å². The van der Waals surface area contributed by atoms with Crippen LogP contribution in [0.3, 0.4) is 0 Å². The number of carbonyl (C=O) groups excluding carboxylic acids is 1. The minimum atomic E-state index is -4.90. The first-order chi connectivity index (χ1) is 15.5. The molecule has 3 N–H and O–H groups in total. The molecule has 0 fully saturated rings. The van der Waals surface area contributed by atoms with Gasteiger partial charge in [-0.3, -0.25) is 0 Å². The highest BCUT2D eigenvalue weighted by molar-refractivity contribution is 6.40. The van der Waals surface area contributed by atoms with Gasteiger partial charge >= 0.3 is 18.4 Å². The molecule has 2 amide bonds. The zero-order valence-corrected chi connectivity index (χ0v) is 18.1. The van der Waals surface area contributed by atoms with Gasteiger partial charge in [0.15, 0.2) is 0 Å². The number of anilines is 1. The monoisotopic (exact) mass is 498 g/mol. The number of rotatable bonds is 6. The SMILES string of the molecule is O=C(NCc1ccc(C(=O)O)cc1)Nc1cc(Cl)c(-c2ccccc2OC(F)(F)F)c(Cl)c1. The first-order valence-corrected chi connectivity index (χ1v) is 10.0. The third-order valence-electron chi connectivity index (χ3n) is 4.34. The van der Waals surface area contributed by atoms with Gasteiger partial charge in [-0.2, -0.15) is 0 Å². The van der Waals surface area contributed by atoms with Gasteiger partial charge in [0, 0.05) is 23.4 Å². The predicted molar refractivity (Wildman–Crippen MR) is 118 cm³/mol. The molecule has 11 heteroatoms. The second kappa shape index (κ2) is 10.0. The number of ether oxygens (including phenoxy) is 1. The molecule has 3 aromatic carbocycles. The molecular formula is C22H15Cl2F3N2O4. The van der Waals surface area contributed by atoms with Gasteiger partial charge in [0.25, 0.3) is 0 Å². The molecule has 6 nitrogen and oxygen atoms in total. The Morgan fingerprint density at radius 1 is 0.970 bits per heavy atom. The van der Waals surface area contributed by atoms with Crippen LogP contribution in [0.1, 0.15) is 15.9 Å². The average molecular weight is 499 g/mol. The van der Waals surface area contributed by atoms with Crippen molar-refractivity contribution in [3.05, 3.63) is 81.8 Å². The van der Waals surface area contributed by atoms with Gasteiger partial charge in [0.05, 0.1) is 15.6 Å². The molecule has 3 rings (SSSR count). The third kappa shape index (κ3) is 6.53. The zero-order chi connectivity index (χ0) is 24.2. The highest BCUT2D eigenvalue weighted by Crippen LogP contribution is 2.42. The van der Waals surface area contributed by atoms with E-state index in [2.05, 4.69) is 15.4 Å². The molecule has 0 aliphatic heterocycles. The number of hydrogen-bond acceptors (Lipinski definition) is 3. The minimum Gasteiger partial charge on any atom is -0.478 e. The van der Waals surface area contributed by atoms with Crippen molar-refractivity contribution in [2.75, 3.05) is 5.32 Å². The number of para-hydroxylation sites is 1. The molecule has 0 aliphatic carbocycles. The first kappa shape index (κ1) is 24.2. The van der Waals surface area contributed by atoms with E-state index in [1.807, 2.05) is 0 Å². The molecule has 0 saturated heterocycles. The molecule has 0 unspecified atom stereocenters. The van der Waals surface area contributed by atoms with Crippen LogP contribution in [-0.4, -0.2) is 23.5 Å². The maximum Gasteiger partial charge on any atom is 0.573 e. The highest BCUT2D eigenvalue weighted by Gasteiger charge is 2.32. The number of halogens is 5. The second-order valence-corrected chi connectivity index (χ2v) is 7.48. The summed E-state index contributed by atoms with van der Waals surface area (Å²) in [5.74, 6) is -1.53. The molecule has 0 radical (unpaired) electrons. The summed E-state index contributed by atoms with van der Waals surface area (Å²) in [5, 5.41) is 14.0. The van der Waals surface area contributed by atoms with Crippen LogP contribution in [0.15, 0.2) is 60.7 Å². The molecule has 0 aromatic heterocycles.